The van der Waals surface area contributed by atoms with Gasteiger partial charge in [0, 0.05) is 19.4 Å². The molecule has 1 aromatic carbocycles. The first-order chi connectivity index (χ1) is 9.28. The first-order valence-corrected chi connectivity index (χ1v) is 6.09. The van der Waals surface area contributed by atoms with E-state index in [0.29, 0.717) is 28.1 Å². The zero-order valence-electron chi connectivity index (χ0n) is 10.2. The lowest BCUT2D eigenvalue weighted by molar-refractivity contribution is 0.466. The van der Waals surface area contributed by atoms with Crippen LogP contribution in [-0.2, 0) is 0 Å². The second-order valence-electron chi connectivity index (χ2n) is 3.87. The molecule has 0 aliphatic rings. The molecule has 1 N–H and O–H groups in total. The molecular formula is C13H11ClN4O. The smallest absolute Gasteiger partial charge is 0.265 e. The first-order valence-electron chi connectivity index (χ1n) is 5.72. The lowest BCUT2D eigenvalue weighted by Gasteiger charge is -2.09. The molecule has 19 heavy (non-hydrogen) atoms. The number of halogens is 1. The van der Waals surface area contributed by atoms with Crippen LogP contribution in [-0.4, -0.2) is 21.4 Å². The fraction of sp³-hybridized carbons (Fsp3) is 0.0769. The van der Waals surface area contributed by atoms with Crippen LogP contribution in [0.4, 0.5) is 5.82 Å². The molecule has 0 unspecified atom stereocenters. The van der Waals surface area contributed by atoms with Crippen LogP contribution in [0.1, 0.15) is 0 Å². The molecule has 0 aliphatic heterocycles. The van der Waals surface area contributed by atoms with Crippen molar-refractivity contribution in [3.05, 3.63) is 47.9 Å². The Kier molecular flexibility index (Phi) is 2.97. The highest BCUT2D eigenvalue weighted by molar-refractivity contribution is 6.32. The molecule has 0 bridgehead atoms. The van der Waals surface area contributed by atoms with E-state index < -0.39 is 0 Å². The highest BCUT2D eigenvalue weighted by Gasteiger charge is 2.10. The highest BCUT2D eigenvalue weighted by Crippen LogP contribution is 2.30. The number of rotatable bonds is 3. The Hall–Kier alpha value is -2.27. The number of para-hydroxylation sites is 1. The van der Waals surface area contributed by atoms with Gasteiger partial charge in [0.15, 0.2) is 0 Å². The van der Waals surface area contributed by atoms with Crippen molar-refractivity contribution in [2.45, 2.75) is 0 Å². The Bertz CT molecular complexity index is 725. The summed E-state index contributed by atoms with van der Waals surface area (Å²) in [5.74, 6) is 1.65. The Labute approximate surface area is 114 Å². The number of hydrogen-bond acceptors (Lipinski definition) is 4. The number of anilines is 1. The fourth-order valence-electron chi connectivity index (χ4n) is 1.72. The summed E-state index contributed by atoms with van der Waals surface area (Å²) in [7, 11) is 1.80. The van der Waals surface area contributed by atoms with Gasteiger partial charge in [-0.25, -0.2) is 4.98 Å². The average Bonchev–Trinajstić information content (AvgIpc) is 2.89. The van der Waals surface area contributed by atoms with E-state index in [2.05, 4.69) is 15.3 Å². The third kappa shape index (κ3) is 2.20. The van der Waals surface area contributed by atoms with Crippen molar-refractivity contribution in [1.82, 2.24) is 14.4 Å². The van der Waals surface area contributed by atoms with E-state index in [0.717, 1.165) is 0 Å². The fourth-order valence-corrected chi connectivity index (χ4v) is 1.90. The largest absolute Gasteiger partial charge is 0.434 e. The molecule has 2 heterocycles. The molecule has 0 saturated heterocycles. The Balaban J connectivity index is 2.09. The van der Waals surface area contributed by atoms with E-state index in [9.17, 15) is 0 Å². The maximum Gasteiger partial charge on any atom is 0.265 e. The van der Waals surface area contributed by atoms with Crippen LogP contribution < -0.4 is 10.1 Å². The van der Waals surface area contributed by atoms with E-state index >= 15 is 0 Å². The maximum absolute atomic E-state index is 6.08. The molecule has 0 atom stereocenters. The first kappa shape index (κ1) is 11.8. The van der Waals surface area contributed by atoms with E-state index in [4.69, 9.17) is 16.3 Å². The molecule has 2 aromatic heterocycles. The van der Waals surface area contributed by atoms with E-state index in [1.165, 1.54) is 0 Å². The standard InChI is InChI=1S/C13H11ClN4O/c1-15-11-8-18-7-6-16-12(18)13(17-11)19-10-5-3-2-4-9(10)14/h2-8,15H,1H3. The maximum atomic E-state index is 6.08. The van der Waals surface area contributed by atoms with Crippen LogP contribution in [0.25, 0.3) is 5.65 Å². The number of hydrogen-bond donors (Lipinski definition) is 1. The zero-order chi connectivity index (χ0) is 13.2. The molecule has 0 aliphatic carbocycles. The number of fused-ring (bicyclic) bond motifs is 1. The summed E-state index contributed by atoms with van der Waals surface area (Å²) in [5.41, 5.74) is 0.638. The molecule has 6 heteroatoms. The predicted octanol–water partition coefficient (Wildman–Crippen LogP) is 3.22. The summed E-state index contributed by atoms with van der Waals surface area (Å²) >= 11 is 6.08. The van der Waals surface area contributed by atoms with Crippen LogP contribution in [0.5, 0.6) is 11.6 Å². The summed E-state index contributed by atoms with van der Waals surface area (Å²) in [4.78, 5) is 8.58. The van der Waals surface area contributed by atoms with Crippen molar-refractivity contribution in [3.63, 3.8) is 0 Å². The third-order valence-electron chi connectivity index (χ3n) is 2.64. The molecule has 0 saturated carbocycles. The second kappa shape index (κ2) is 4.78. The summed E-state index contributed by atoms with van der Waals surface area (Å²) in [6.45, 7) is 0. The zero-order valence-corrected chi connectivity index (χ0v) is 10.9. The quantitative estimate of drug-likeness (QED) is 0.797. The van der Waals surface area contributed by atoms with Gasteiger partial charge in [0.05, 0.1) is 11.2 Å². The number of aromatic nitrogens is 3. The normalized spacial score (nSPS) is 10.6. The number of nitrogens with one attached hydrogen (secondary N) is 1. The van der Waals surface area contributed by atoms with E-state index in [-0.39, 0.29) is 0 Å². The van der Waals surface area contributed by atoms with Crippen LogP contribution in [0.3, 0.4) is 0 Å². The van der Waals surface area contributed by atoms with E-state index in [1.807, 2.05) is 28.9 Å². The van der Waals surface area contributed by atoms with Gasteiger partial charge in [-0.15, -0.1) is 0 Å². The number of ether oxygens (including phenoxy) is 1. The van der Waals surface area contributed by atoms with Gasteiger partial charge >= 0.3 is 0 Å². The molecule has 0 fully saturated rings. The highest BCUT2D eigenvalue weighted by atomic mass is 35.5. The number of nitrogens with zero attached hydrogens (tertiary/aromatic N) is 3. The van der Waals surface area contributed by atoms with Crippen molar-refractivity contribution >= 4 is 23.1 Å². The average molecular weight is 275 g/mol. The van der Waals surface area contributed by atoms with Crippen molar-refractivity contribution in [2.24, 2.45) is 0 Å². The number of benzene rings is 1. The van der Waals surface area contributed by atoms with E-state index in [1.54, 1.807) is 25.4 Å². The Morgan fingerprint density at radius 2 is 2.16 bits per heavy atom. The monoisotopic (exact) mass is 274 g/mol. The molecular weight excluding hydrogens is 264 g/mol. The lowest BCUT2D eigenvalue weighted by Crippen LogP contribution is -1.99. The summed E-state index contributed by atoms with van der Waals surface area (Å²) in [6.07, 6.45) is 5.36. The minimum Gasteiger partial charge on any atom is -0.434 e. The van der Waals surface area contributed by atoms with Crippen LogP contribution >= 0.6 is 11.6 Å². The minimum atomic E-state index is 0.407. The third-order valence-corrected chi connectivity index (χ3v) is 2.95. The van der Waals surface area contributed by atoms with Crippen molar-refractivity contribution in [1.29, 1.82) is 0 Å². The van der Waals surface area contributed by atoms with Gasteiger partial charge in [-0.05, 0) is 12.1 Å². The van der Waals surface area contributed by atoms with Crippen LogP contribution in [0.15, 0.2) is 42.9 Å². The Morgan fingerprint density at radius 3 is 2.95 bits per heavy atom. The molecule has 5 nitrogen and oxygen atoms in total. The minimum absolute atomic E-state index is 0.407. The van der Waals surface area contributed by atoms with Gasteiger partial charge in [0.1, 0.15) is 11.6 Å². The van der Waals surface area contributed by atoms with Gasteiger partial charge in [0.25, 0.3) is 5.88 Å². The van der Waals surface area contributed by atoms with Gasteiger partial charge in [-0.2, -0.15) is 4.98 Å². The molecule has 0 spiro atoms. The molecule has 0 amide bonds. The summed E-state index contributed by atoms with van der Waals surface area (Å²) < 4.78 is 7.60. The summed E-state index contributed by atoms with van der Waals surface area (Å²) in [6, 6.07) is 7.25. The van der Waals surface area contributed by atoms with Gasteiger partial charge in [-0.3, -0.25) is 4.40 Å². The molecule has 96 valence electrons. The molecule has 3 aromatic rings. The van der Waals surface area contributed by atoms with Crippen molar-refractivity contribution in [2.75, 3.05) is 12.4 Å². The van der Waals surface area contributed by atoms with Crippen molar-refractivity contribution < 1.29 is 4.74 Å². The lowest BCUT2D eigenvalue weighted by atomic mass is 10.3. The SMILES string of the molecule is CNc1cn2ccnc2c(Oc2ccccc2Cl)n1. The van der Waals surface area contributed by atoms with Crippen LogP contribution in [0.2, 0.25) is 5.02 Å². The van der Waals surface area contributed by atoms with Crippen LogP contribution in [0, 0.1) is 0 Å². The van der Waals surface area contributed by atoms with Crippen molar-refractivity contribution in [3.8, 4) is 11.6 Å². The van der Waals surface area contributed by atoms with Gasteiger partial charge in [0.2, 0.25) is 5.65 Å². The second-order valence-corrected chi connectivity index (χ2v) is 4.28. The molecule has 0 radical (unpaired) electrons. The number of imidazole rings is 1. The summed E-state index contributed by atoms with van der Waals surface area (Å²) in [5, 5.41) is 3.51. The van der Waals surface area contributed by atoms with Gasteiger partial charge < -0.3 is 10.1 Å². The topological polar surface area (TPSA) is 51.5 Å². The Morgan fingerprint density at radius 1 is 1.32 bits per heavy atom. The molecule has 3 rings (SSSR count). The predicted molar refractivity (Wildman–Crippen MR) is 74.1 cm³/mol. The van der Waals surface area contributed by atoms with Gasteiger partial charge in [-0.1, -0.05) is 23.7 Å².